The molecule has 7 heteroatoms. The lowest BCUT2D eigenvalue weighted by Crippen LogP contribution is -1.97. The number of nitrogens with zero attached hydrogens (tertiary/aromatic N) is 1. The minimum atomic E-state index is -0.522. The van der Waals surface area contributed by atoms with Crippen molar-refractivity contribution in [2.75, 3.05) is 0 Å². The number of nitro benzene ring substituents is 1. The van der Waals surface area contributed by atoms with Crippen molar-refractivity contribution in [3.63, 3.8) is 0 Å². The zero-order valence-corrected chi connectivity index (χ0v) is 12.7. The zero-order valence-electron chi connectivity index (χ0n) is 12.0. The largest absolute Gasteiger partial charge is 0.456 e. The van der Waals surface area contributed by atoms with Gasteiger partial charge in [-0.15, -0.1) is 0 Å². The molecule has 4 aromatic rings. The molecule has 2 aromatic heterocycles. The predicted octanol–water partition coefficient (Wildman–Crippen LogP) is 4.77. The number of halogens is 1. The molecular weight excluding hydrogens is 334 g/mol. The Labute approximate surface area is 139 Å². The lowest BCUT2D eigenvalue weighted by Gasteiger charge is -2.02. The molecule has 0 fully saturated rings. The lowest BCUT2D eigenvalue weighted by molar-refractivity contribution is -0.384. The third-order valence-corrected chi connectivity index (χ3v) is 3.92. The second kappa shape index (κ2) is 5.21. The average Bonchev–Trinajstić information content (AvgIpc) is 2.97. The van der Waals surface area contributed by atoms with Gasteiger partial charge in [-0.25, -0.2) is 4.79 Å². The summed E-state index contributed by atoms with van der Waals surface area (Å²) in [6.07, 6.45) is 0. The van der Waals surface area contributed by atoms with Crippen LogP contribution >= 0.6 is 11.6 Å². The topological polar surface area (TPSA) is 86.5 Å². The quantitative estimate of drug-likeness (QED) is 0.298. The van der Waals surface area contributed by atoms with E-state index in [2.05, 4.69) is 0 Å². The zero-order chi connectivity index (χ0) is 16.8. The fraction of sp³-hybridized carbons (Fsp3) is 0. The van der Waals surface area contributed by atoms with Crippen molar-refractivity contribution in [2.24, 2.45) is 0 Å². The van der Waals surface area contributed by atoms with Crippen molar-refractivity contribution in [3.8, 4) is 11.3 Å². The van der Waals surface area contributed by atoms with Crippen LogP contribution in [0.3, 0.4) is 0 Å². The molecule has 24 heavy (non-hydrogen) atoms. The number of nitro groups is 1. The molecule has 0 atom stereocenters. The maximum atomic E-state index is 11.8. The summed E-state index contributed by atoms with van der Waals surface area (Å²) >= 11 is 6.03. The predicted molar refractivity (Wildman–Crippen MR) is 89.4 cm³/mol. The Morgan fingerprint density at radius 1 is 0.958 bits per heavy atom. The standard InChI is InChI=1S/C17H8ClNO5/c18-10-1-3-15-12(7-10)13(8-17(20)24-15)16-6-9-5-11(19(21)22)2-4-14(9)23-16/h1-8H. The first kappa shape index (κ1) is 14.5. The summed E-state index contributed by atoms with van der Waals surface area (Å²) in [4.78, 5) is 22.2. The maximum absolute atomic E-state index is 11.8. The van der Waals surface area contributed by atoms with E-state index in [0.29, 0.717) is 38.3 Å². The lowest BCUT2D eigenvalue weighted by atomic mass is 10.1. The number of furan rings is 1. The van der Waals surface area contributed by atoms with Crippen LogP contribution in [-0.4, -0.2) is 4.92 Å². The molecule has 118 valence electrons. The van der Waals surface area contributed by atoms with Crippen molar-refractivity contribution >= 4 is 39.2 Å². The number of fused-ring (bicyclic) bond motifs is 2. The van der Waals surface area contributed by atoms with Crippen molar-refractivity contribution in [2.45, 2.75) is 0 Å². The Balaban J connectivity index is 2.00. The second-order valence-electron chi connectivity index (χ2n) is 5.21. The van der Waals surface area contributed by atoms with Gasteiger partial charge in [0.25, 0.3) is 5.69 Å². The average molecular weight is 342 g/mol. The third kappa shape index (κ3) is 2.33. The van der Waals surface area contributed by atoms with Crippen LogP contribution in [0.25, 0.3) is 33.3 Å². The summed E-state index contributed by atoms with van der Waals surface area (Å²) in [6.45, 7) is 0. The highest BCUT2D eigenvalue weighted by molar-refractivity contribution is 6.31. The highest BCUT2D eigenvalue weighted by Crippen LogP contribution is 2.34. The molecule has 0 aliphatic rings. The van der Waals surface area contributed by atoms with Gasteiger partial charge in [-0.1, -0.05) is 11.6 Å². The first-order chi connectivity index (χ1) is 11.5. The second-order valence-corrected chi connectivity index (χ2v) is 5.65. The number of non-ortho nitro benzene ring substituents is 1. The molecule has 0 aliphatic carbocycles. The number of hydrogen-bond donors (Lipinski definition) is 0. The minimum Gasteiger partial charge on any atom is -0.456 e. The Bertz CT molecular complexity index is 1170. The van der Waals surface area contributed by atoms with Crippen LogP contribution in [0.2, 0.25) is 5.02 Å². The number of rotatable bonds is 2. The molecule has 2 heterocycles. The summed E-state index contributed by atoms with van der Waals surface area (Å²) in [5, 5.41) is 12.6. The number of hydrogen-bond acceptors (Lipinski definition) is 5. The van der Waals surface area contributed by atoms with Gasteiger partial charge in [-0.2, -0.15) is 0 Å². The SMILES string of the molecule is O=c1cc(-c2cc3cc([N+](=O)[O-])ccc3o2)c2cc(Cl)ccc2o1. The molecule has 0 spiro atoms. The Hall–Kier alpha value is -3.12. The molecule has 0 bridgehead atoms. The molecule has 0 amide bonds. The summed E-state index contributed by atoms with van der Waals surface area (Å²) in [5.41, 5.74) is 0.830. The van der Waals surface area contributed by atoms with Crippen LogP contribution in [-0.2, 0) is 0 Å². The van der Waals surface area contributed by atoms with Gasteiger partial charge in [0.2, 0.25) is 0 Å². The maximum Gasteiger partial charge on any atom is 0.336 e. The van der Waals surface area contributed by atoms with Crippen LogP contribution in [0, 0.1) is 10.1 Å². The molecule has 0 N–H and O–H groups in total. The molecular formula is C17H8ClNO5. The normalized spacial score (nSPS) is 11.2. The fourth-order valence-electron chi connectivity index (χ4n) is 2.62. The van der Waals surface area contributed by atoms with Gasteiger partial charge in [-0.3, -0.25) is 10.1 Å². The third-order valence-electron chi connectivity index (χ3n) is 3.68. The van der Waals surface area contributed by atoms with Gasteiger partial charge in [0.05, 0.1) is 4.92 Å². The van der Waals surface area contributed by atoms with E-state index >= 15 is 0 Å². The van der Waals surface area contributed by atoms with E-state index in [-0.39, 0.29) is 5.69 Å². The van der Waals surface area contributed by atoms with Gasteiger partial charge >= 0.3 is 5.63 Å². The van der Waals surface area contributed by atoms with E-state index in [0.717, 1.165) is 0 Å². The van der Waals surface area contributed by atoms with Crippen molar-refractivity contribution in [1.29, 1.82) is 0 Å². The van der Waals surface area contributed by atoms with Crippen molar-refractivity contribution < 1.29 is 13.8 Å². The first-order valence-corrected chi connectivity index (χ1v) is 7.31. The Morgan fingerprint density at radius 2 is 1.75 bits per heavy atom. The Kier molecular flexibility index (Phi) is 3.14. The van der Waals surface area contributed by atoms with Crippen LogP contribution in [0.4, 0.5) is 5.69 Å². The molecule has 6 nitrogen and oxygen atoms in total. The summed E-state index contributed by atoms with van der Waals surface area (Å²) in [5.74, 6) is 0.408. The van der Waals surface area contributed by atoms with Crippen LogP contribution in [0.5, 0.6) is 0 Å². The number of benzene rings is 2. The van der Waals surface area contributed by atoms with Crippen LogP contribution in [0.15, 0.2) is 62.2 Å². The molecule has 0 saturated carbocycles. The first-order valence-electron chi connectivity index (χ1n) is 6.93. The molecule has 0 aliphatic heterocycles. The van der Waals surface area contributed by atoms with E-state index in [9.17, 15) is 14.9 Å². The highest BCUT2D eigenvalue weighted by Gasteiger charge is 2.15. The minimum absolute atomic E-state index is 0.0321. The van der Waals surface area contributed by atoms with E-state index in [4.69, 9.17) is 20.4 Å². The smallest absolute Gasteiger partial charge is 0.336 e. The van der Waals surface area contributed by atoms with Gasteiger partial charge in [0.1, 0.15) is 16.9 Å². The summed E-state index contributed by atoms with van der Waals surface area (Å²) in [7, 11) is 0. The fourth-order valence-corrected chi connectivity index (χ4v) is 2.79. The summed E-state index contributed by atoms with van der Waals surface area (Å²) in [6, 6.07) is 12.2. The van der Waals surface area contributed by atoms with Gasteiger partial charge in [0.15, 0.2) is 0 Å². The van der Waals surface area contributed by atoms with Crippen LogP contribution < -0.4 is 5.63 Å². The Morgan fingerprint density at radius 3 is 2.54 bits per heavy atom. The van der Waals surface area contributed by atoms with E-state index < -0.39 is 10.5 Å². The van der Waals surface area contributed by atoms with E-state index in [1.165, 1.54) is 24.3 Å². The molecule has 0 unspecified atom stereocenters. The van der Waals surface area contributed by atoms with Gasteiger partial charge in [-0.05, 0) is 30.3 Å². The van der Waals surface area contributed by atoms with Crippen LogP contribution in [0.1, 0.15) is 0 Å². The molecule has 0 saturated heterocycles. The van der Waals surface area contributed by atoms with Crippen molar-refractivity contribution in [1.82, 2.24) is 0 Å². The highest BCUT2D eigenvalue weighted by atomic mass is 35.5. The van der Waals surface area contributed by atoms with Crippen molar-refractivity contribution in [3.05, 3.63) is 74.1 Å². The van der Waals surface area contributed by atoms with E-state index in [1.54, 1.807) is 24.3 Å². The molecule has 2 aromatic carbocycles. The molecule has 4 rings (SSSR count). The summed E-state index contributed by atoms with van der Waals surface area (Å²) < 4.78 is 10.9. The van der Waals surface area contributed by atoms with E-state index in [1.807, 2.05) is 0 Å². The molecule has 0 radical (unpaired) electrons. The van der Waals surface area contributed by atoms with Gasteiger partial charge in [0, 0.05) is 39.6 Å². The van der Waals surface area contributed by atoms with Gasteiger partial charge < -0.3 is 8.83 Å². The monoisotopic (exact) mass is 341 g/mol.